The molecule has 0 aromatic carbocycles. The van der Waals surface area contributed by atoms with Gasteiger partial charge in [-0.25, -0.2) is 0 Å². The van der Waals surface area contributed by atoms with Crippen LogP contribution in [0.2, 0.25) is 0 Å². The number of nitrogens with zero attached hydrogens (tertiary/aromatic N) is 1. The van der Waals surface area contributed by atoms with E-state index in [2.05, 4.69) is 10.5 Å². The van der Waals surface area contributed by atoms with Crippen LogP contribution in [0.3, 0.4) is 0 Å². The fourth-order valence-corrected chi connectivity index (χ4v) is 2.19. The summed E-state index contributed by atoms with van der Waals surface area (Å²) < 4.78 is 5.33. The fourth-order valence-electron chi connectivity index (χ4n) is 2.19. The number of methoxy groups -OCH3 is 1. The maximum atomic E-state index is 8.67. The number of nitrogens with two attached hydrogens (primary N) is 1. The first-order valence-electron chi connectivity index (χ1n) is 6.24. The van der Waals surface area contributed by atoms with E-state index in [1.807, 2.05) is 13.8 Å². The zero-order chi connectivity index (χ0) is 12.9. The number of nitrogens with one attached hydrogen (secondary N) is 1. The Hall–Kier alpha value is -0.810. The Kier molecular flexibility index (Phi) is 5.21. The largest absolute Gasteiger partial charge is 0.409 e. The van der Waals surface area contributed by atoms with E-state index in [0.29, 0.717) is 18.0 Å². The molecule has 17 heavy (non-hydrogen) atoms. The Balaban J connectivity index is 2.24. The van der Waals surface area contributed by atoms with Crippen molar-refractivity contribution in [3.05, 3.63) is 0 Å². The normalized spacial score (nSPS) is 26.4. The number of ether oxygens (including phenoxy) is 1. The summed E-state index contributed by atoms with van der Waals surface area (Å²) in [5.74, 6) is 0.292. The summed E-state index contributed by atoms with van der Waals surface area (Å²) in [5.41, 5.74) is 5.38. The standard InChI is InChI=1S/C12H25N3O2/c1-12(2,11(13)15-16)6-7-14-9-4-5-10(8-9)17-3/h9-10,14,16H,4-8H2,1-3H3,(H2,13,15). The van der Waals surface area contributed by atoms with Crippen LogP contribution in [0.15, 0.2) is 5.16 Å². The zero-order valence-corrected chi connectivity index (χ0v) is 11.1. The van der Waals surface area contributed by atoms with Gasteiger partial charge in [0.15, 0.2) is 0 Å². The molecule has 1 rings (SSSR count). The molecule has 2 unspecified atom stereocenters. The summed E-state index contributed by atoms with van der Waals surface area (Å²) in [6.45, 7) is 4.84. The molecular formula is C12H25N3O2. The van der Waals surface area contributed by atoms with E-state index < -0.39 is 0 Å². The van der Waals surface area contributed by atoms with Gasteiger partial charge in [-0.1, -0.05) is 19.0 Å². The van der Waals surface area contributed by atoms with Crippen LogP contribution in [0.25, 0.3) is 0 Å². The Labute approximate surface area is 103 Å². The maximum absolute atomic E-state index is 8.67. The van der Waals surface area contributed by atoms with Gasteiger partial charge in [0, 0.05) is 18.6 Å². The molecule has 5 nitrogen and oxygen atoms in total. The topological polar surface area (TPSA) is 79.9 Å². The summed E-state index contributed by atoms with van der Waals surface area (Å²) in [6, 6.07) is 0.544. The smallest absolute Gasteiger partial charge is 0.144 e. The number of hydrogen-bond donors (Lipinski definition) is 3. The van der Waals surface area contributed by atoms with Crippen molar-refractivity contribution >= 4 is 5.84 Å². The van der Waals surface area contributed by atoms with Crippen molar-refractivity contribution in [2.24, 2.45) is 16.3 Å². The van der Waals surface area contributed by atoms with Gasteiger partial charge in [-0.3, -0.25) is 0 Å². The summed E-state index contributed by atoms with van der Waals surface area (Å²) in [5, 5.41) is 15.3. The summed E-state index contributed by atoms with van der Waals surface area (Å²) in [7, 11) is 1.77. The molecular weight excluding hydrogens is 218 g/mol. The van der Waals surface area contributed by atoms with E-state index >= 15 is 0 Å². The molecule has 1 fully saturated rings. The highest BCUT2D eigenvalue weighted by molar-refractivity contribution is 5.85. The lowest BCUT2D eigenvalue weighted by molar-refractivity contribution is 0.107. The van der Waals surface area contributed by atoms with Gasteiger partial charge >= 0.3 is 0 Å². The molecule has 0 aromatic rings. The van der Waals surface area contributed by atoms with Gasteiger partial charge in [0.1, 0.15) is 5.84 Å². The van der Waals surface area contributed by atoms with Crippen LogP contribution in [0.1, 0.15) is 39.5 Å². The van der Waals surface area contributed by atoms with Crippen molar-refractivity contribution in [3.63, 3.8) is 0 Å². The average molecular weight is 243 g/mol. The summed E-state index contributed by atoms with van der Waals surface area (Å²) in [4.78, 5) is 0. The second-order valence-corrected chi connectivity index (χ2v) is 5.44. The average Bonchev–Trinajstić information content (AvgIpc) is 2.75. The monoisotopic (exact) mass is 243 g/mol. The van der Waals surface area contributed by atoms with Gasteiger partial charge in [-0.2, -0.15) is 0 Å². The second-order valence-electron chi connectivity index (χ2n) is 5.44. The second kappa shape index (κ2) is 6.21. The maximum Gasteiger partial charge on any atom is 0.144 e. The Bertz CT molecular complexity index is 266. The molecule has 1 saturated carbocycles. The first kappa shape index (κ1) is 14.3. The van der Waals surface area contributed by atoms with Gasteiger partial charge in [0.2, 0.25) is 0 Å². The van der Waals surface area contributed by atoms with Crippen LogP contribution >= 0.6 is 0 Å². The first-order chi connectivity index (χ1) is 7.99. The molecule has 0 bridgehead atoms. The van der Waals surface area contributed by atoms with Crippen LogP contribution in [0.4, 0.5) is 0 Å². The minimum atomic E-state index is -0.263. The van der Waals surface area contributed by atoms with E-state index in [0.717, 1.165) is 25.8 Å². The fraction of sp³-hybridized carbons (Fsp3) is 0.917. The van der Waals surface area contributed by atoms with Gasteiger partial charge in [-0.15, -0.1) is 0 Å². The van der Waals surface area contributed by atoms with Crippen molar-refractivity contribution in [2.45, 2.75) is 51.7 Å². The highest BCUT2D eigenvalue weighted by Crippen LogP contribution is 2.23. The van der Waals surface area contributed by atoms with E-state index in [1.165, 1.54) is 6.42 Å². The molecule has 5 heteroatoms. The number of oxime groups is 1. The highest BCUT2D eigenvalue weighted by atomic mass is 16.5. The molecule has 0 saturated heterocycles. The van der Waals surface area contributed by atoms with E-state index in [-0.39, 0.29) is 5.41 Å². The van der Waals surface area contributed by atoms with Crippen LogP contribution in [-0.4, -0.2) is 36.8 Å². The van der Waals surface area contributed by atoms with Crippen LogP contribution in [0, 0.1) is 5.41 Å². The Morgan fingerprint density at radius 3 is 2.76 bits per heavy atom. The lowest BCUT2D eigenvalue weighted by Crippen LogP contribution is -2.37. The Morgan fingerprint density at radius 1 is 1.53 bits per heavy atom. The molecule has 4 N–H and O–H groups in total. The van der Waals surface area contributed by atoms with Crippen molar-refractivity contribution in [2.75, 3.05) is 13.7 Å². The predicted octanol–water partition coefficient (Wildman–Crippen LogP) is 1.31. The van der Waals surface area contributed by atoms with Crippen molar-refractivity contribution in [1.82, 2.24) is 5.32 Å². The minimum Gasteiger partial charge on any atom is -0.409 e. The van der Waals surface area contributed by atoms with Gasteiger partial charge in [-0.05, 0) is 32.2 Å². The molecule has 2 atom stereocenters. The van der Waals surface area contributed by atoms with E-state index in [4.69, 9.17) is 15.7 Å². The molecule has 0 amide bonds. The minimum absolute atomic E-state index is 0.263. The first-order valence-corrected chi connectivity index (χ1v) is 6.24. The lowest BCUT2D eigenvalue weighted by atomic mass is 9.88. The molecule has 0 aliphatic heterocycles. The third-order valence-electron chi connectivity index (χ3n) is 3.70. The predicted molar refractivity (Wildman–Crippen MR) is 68.2 cm³/mol. The molecule has 1 aliphatic carbocycles. The number of amidine groups is 1. The third kappa shape index (κ3) is 4.16. The van der Waals surface area contributed by atoms with Crippen LogP contribution in [0.5, 0.6) is 0 Å². The summed E-state index contributed by atoms with van der Waals surface area (Å²) in [6.07, 6.45) is 4.65. The summed E-state index contributed by atoms with van der Waals surface area (Å²) >= 11 is 0. The Morgan fingerprint density at radius 2 is 2.24 bits per heavy atom. The number of hydrogen-bond acceptors (Lipinski definition) is 4. The SMILES string of the molecule is COC1CCC(NCCC(C)(C)C(N)=NO)C1. The van der Waals surface area contributed by atoms with Crippen molar-refractivity contribution < 1.29 is 9.94 Å². The molecule has 0 aromatic heterocycles. The highest BCUT2D eigenvalue weighted by Gasteiger charge is 2.26. The lowest BCUT2D eigenvalue weighted by Gasteiger charge is -2.24. The zero-order valence-electron chi connectivity index (χ0n) is 11.1. The van der Waals surface area contributed by atoms with E-state index in [1.54, 1.807) is 7.11 Å². The molecule has 0 heterocycles. The molecule has 0 radical (unpaired) electrons. The molecule has 100 valence electrons. The van der Waals surface area contributed by atoms with Crippen LogP contribution < -0.4 is 11.1 Å². The van der Waals surface area contributed by atoms with Crippen molar-refractivity contribution in [3.8, 4) is 0 Å². The van der Waals surface area contributed by atoms with Crippen LogP contribution in [-0.2, 0) is 4.74 Å². The molecule has 1 aliphatic rings. The van der Waals surface area contributed by atoms with E-state index in [9.17, 15) is 0 Å². The van der Waals surface area contributed by atoms with Crippen molar-refractivity contribution in [1.29, 1.82) is 0 Å². The quantitative estimate of drug-likeness (QED) is 0.284. The third-order valence-corrected chi connectivity index (χ3v) is 3.70. The van der Waals surface area contributed by atoms with Gasteiger partial charge in [0.05, 0.1) is 6.10 Å². The van der Waals surface area contributed by atoms with Gasteiger partial charge < -0.3 is 21.0 Å². The number of rotatable bonds is 6. The molecule has 0 spiro atoms. The van der Waals surface area contributed by atoms with Gasteiger partial charge in [0.25, 0.3) is 0 Å².